The van der Waals surface area contributed by atoms with E-state index < -0.39 is 10.1 Å². The van der Waals surface area contributed by atoms with Crippen molar-refractivity contribution in [2.45, 2.75) is 18.7 Å². The predicted molar refractivity (Wildman–Crippen MR) is 89.7 cm³/mol. The summed E-state index contributed by atoms with van der Waals surface area (Å²) in [5.74, 6) is 0. The Morgan fingerprint density at radius 2 is 1.23 bits per heavy atom. The molecule has 4 heteroatoms. The monoisotopic (exact) mass is 314 g/mol. The van der Waals surface area contributed by atoms with Gasteiger partial charge in [-0.15, -0.1) is 0 Å². The summed E-state index contributed by atoms with van der Waals surface area (Å²) in [4.78, 5) is -0.0457. The van der Waals surface area contributed by atoms with Gasteiger partial charge in [0.2, 0.25) is 0 Å². The smallest absolute Gasteiger partial charge is 0.282 e. The Labute approximate surface area is 131 Å². The van der Waals surface area contributed by atoms with Crippen LogP contribution in [-0.4, -0.2) is 13.0 Å². The molecule has 0 aliphatic carbocycles. The van der Waals surface area contributed by atoms with E-state index in [0.717, 1.165) is 5.39 Å². The molecule has 0 aromatic heterocycles. The fourth-order valence-electron chi connectivity index (χ4n) is 2.08. The maximum absolute atomic E-state index is 11.0. The molecule has 0 saturated heterocycles. The summed E-state index contributed by atoms with van der Waals surface area (Å²) in [7, 11) is -4.13. The number of benzene rings is 3. The van der Waals surface area contributed by atoms with Gasteiger partial charge in [0.1, 0.15) is 4.90 Å². The van der Waals surface area contributed by atoms with Crippen LogP contribution >= 0.6 is 0 Å². The van der Waals surface area contributed by atoms with Crippen LogP contribution in [0.3, 0.4) is 0 Å². The summed E-state index contributed by atoms with van der Waals surface area (Å²) >= 11 is 0. The van der Waals surface area contributed by atoms with Gasteiger partial charge in [-0.3, -0.25) is 4.55 Å². The lowest BCUT2D eigenvalue weighted by atomic mass is 10.1. The number of rotatable bonds is 1. The molecule has 3 aromatic rings. The predicted octanol–water partition coefficient (Wildman–Crippen LogP) is 4.39. The Morgan fingerprint density at radius 1 is 0.727 bits per heavy atom. The van der Waals surface area contributed by atoms with Crippen molar-refractivity contribution in [2.24, 2.45) is 0 Å². The second-order valence-corrected chi connectivity index (χ2v) is 6.43. The summed E-state index contributed by atoms with van der Waals surface area (Å²) in [6.07, 6.45) is 0. The lowest BCUT2D eigenvalue weighted by molar-refractivity contribution is 0.484. The van der Waals surface area contributed by atoms with Crippen LogP contribution in [0, 0.1) is 13.8 Å². The molecule has 0 unspecified atom stereocenters. The number of aryl methyl sites for hydroxylation is 2. The van der Waals surface area contributed by atoms with Gasteiger partial charge in [0.25, 0.3) is 10.1 Å². The van der Waals surface area contributed by atoms with Crippen LogP contribution in [0.2, 0.25) is 0 Å². The average Bonchev–Trinajstić information content (AvgIpc) is 2.49. The second kappa shape index (κ2) is 6.73. The zero-order chi connectivity index (χ0) is 16.2. The Balaban J connectivity index is 0.000000188. The minimum absolute atomic E-state index is 0.0457. The summed E-state index contributed by atoms with van der Waals surface area (Å²) in [6.45, 7) is 4.24. The van der Waals surface area contributed by atoms with Gasteiger partial charge in [0, 0.05) is 5.39 Å². The van der Waals surface area contributed by atoms with Crippen molar-refractivity contribution in [3.05, 3.63) is 77.9 Å². The zero-order valence-corrected chi connectivity index (χ0v) is 13.3. The van der Waals surface area contributed by atoms with Crippen LogP contribution in [0.4, 0.5) is 0 Å². The van der Waals surface area contributed by atoms with Crippen molar-refractivity contribution in [3.8, 4) is 0 Å². The summed E-state index contributed by atoms with van der Waals surface area (Å²) in [5, 5.41) is 1.33. The van der Waals surface area contributed by atoms with Crippen LogP contribution in [0.25, 0.3) is 10.8 Å². The first-order valence-corrected chi connectivity index (χ1v) is 8.31. The third-order valence-electron chi connectivity index (χ3n) is 3.45. The normalized spacial score (nSPS) is 10.9. The SMILES string of the molecule is Cc1ccccc1C.O=S(=O)(O)c1cccc2ccccc12. The van der Waals surface area contributed by atoms with Gasteiger partial charge < -0.3 is 0 Å². The van der Waals surface area contributed by atoms with E-state index in [4.69, 9.17) is 4.55 Å². The van der Waals surface area contributed by atoms with Crippen molar-refractivity contribution >= 4 is 20.9 Å². The first-order valence-electron chi connectivity index (χ1n) is 6.87. The van der Waals surface area contributed by atoms with Crippen molar-refractivity contribution < 1.29 is 13.0 Å². The molecular weight excluding hydrogens is 296 g/mol. The average molecular weight is 314 g/mol. The van der Waals surface area contributed by atoms with E-state index in [2.05, 4.69) is 38.1 Å². The Bertz CT molecular complexity index is 857. The van der Waals surface area contributed by atoms with E-state index in [1.165, 1.54) is 17.2 Å². The third-order valence-corrected chi connectivity index (χ3v) is 4.36. The molecule has 1 N–H and O–H groups in total. The summed E-state index contributed by atoms with van der Waals surface area (Å²) < 4.78 is 31.0. The minimum Gasteiger partial charge on any atom is -0.282 e. The molecule has 0 amide bonds. The number of hydrogen-bond donors (Lipinski definition) is 1. The third kappa shape index (κ3) is 3.93. The molecular formula is C18H18O3S. The molecule has 0 bridgehead atoms. The van der Waals surface area contributed by atoms with Crippen LogP contribution in [0.15, 0.2) is 71.6 Å². The lowest BCUT2D eigenvalue weighted by Crippen LogP contribution is -1.98. The first kappa shape index (κ1) is 16.2. The maximum atomic E-state index is 11.0. The molecule has 0 aliphatic rings. The van der Waals surface area contributed by atoms with Gasteiger partial charge in [-0.05, 0) is 36.4 Å². The highest BCUT2D eigenvalue weighted by Gasteiger charge is 2.12. The number of fused-ring (bicyclic) bond motifs is 1. The highest BCUT2D eigenvalue weighted by Crippen LogP contribution is 2.22. The Kier molecular flexibility index (Phi) is 4.96. The van der Waals surface area contributed by atoms with Gasteiger partial charge in [0.05, 0.1) is 0 Å². The molecule has 0 atom stereocenters. The van der Waals surface area contributed by atoms with Crippen LogP contribution in [0.5, 0.6) is 0 Å². The number of hydrogen-bond acceptors (Lipinski definition) is 2. The van der Waals surface area contributed by atoms with Crippen molar-refractivity contribution in [3.63, 3.8) is 0 Å². The van der Waals surface area contributed by atoms with E-state index in [1.807, 2.05) is 6.07 Å². The lowest BCUT2D eigenvalue weighted by Gasteiger charge is -2.02. The highest BCUT2D eigenvalue weighted by molar-refractivity contribution is 7.86. The molecule has 0 heterocycles. The van der Waals surface area contributed by atoms with Crippen molar-refractivity contribution in [1.29, 1.82) is 0 Å². The van der Waals surface area contributed by atoms with Crippen LogP contribution in [-0.2, 0) is 10.1 Å². The quantitative estimate of drug-likeness (QED) is 0.678. The van der Waals surface area contributed by atoms with Crippen LogP contribution < -0.4 is 0 Å². The molecule has 0 saturated carbocycles. The standard InChI is InChI=1S/C10H8O3S.C8H10/c11-14(12,13)10-7-3-5-8-4-1-2-6-9(8)10;1-7-5-3-4-6-8(7)2/h1-7H,(H,11,12,13);3-6H,1-2H3. The minimum atomic E-state index is -4.13. The van der Waals surface area contributed by atoms with Crippen molar-refractivity contribution in [2.75, 3.05) is 0 Å². The maximum Gasteiger partial charge on any atom is 0.295 e. The largest absolute Gasteiger partial charge is 0.295 e. The molecule has 0 aliphatic heterocycles. The second-order valence-electron chi connectivity index (χ2n) is 5.04. The molecule has 0 spiro atoms. The van der Waals surface area contributed by atoms with Gasteiger partial charge in [-0.25, -0.2) is 0 Å². The molecule has 0 fully saturated rings. The van der Waals surface area contributed by atoms with Gasteiger partial charge in [-0.1, -0.05) is 60.7 Å². The Hall–Kier alpha value is -2.17. The molecule has 3 aromatic carbocycles. The van der Waals surface area contributed by atoms with E-state index in [1.54, 1.807) is 30.3 Å². The van der Waals surface area contributed by atoms with Gasteiger partial charge >= 0.3 is 0 Å². The van der Waals surface area contributed by atoms with E-state index in [-0.39, 0.29) is 4.90 Å². The van der Waals surface area contributed by atoms with E-state index >= 15 is 0 Å². The molecule has 0 radical (unpaired) electrons. The van der Waals surface area contributed by atoms with E-state index in [0.29, 0.717) is 5.39 Å². The van der Waals surface area contributed by atoms with E-state index in [9.17, 15) is 8.42 Å². The first-order chi connectivity index (χ1) is 10.4. The summed E-state index contributed by atoms with van der Waals surface area (Å²) in [6, 6.07) is 20.2. The fraction of sp³-hybridized carbons (Fsp3) is 0.111. The van der Waals surface area contributed by atoms with Crippen LogP contribution in [0.1, 0.15) is 11.1 Å². The van der Waals surface area contributed by atoms with Gasteiger partial charge in [-0.2, -0.15) is 8.42 Å². The molecule has 114 valence electrons. The summed E-state index contributed by atoms with van der Waals surface area (Å²) in [5.41, 5.74) is 2.74. The topological polar surface area (TPSA) is 54.4 Å². The molecule has 22 heavy (non-hydrogen) atoms. The van der Waals surface area contributed by atoms with Crippen molar-refractivity contribution in [1.82, 2.24) is 0 Å². The highest BCUT2D eigenvalue weighted by atomic mass is 32.2. The zero-order valence-electron chi connectivity index (χ0n) is 12.5. The van der Waals surface area contributed by atoms with Gasteiger partial charge in [0.15, 0.2) is 0 Å². The Morgan fingerprint density at radius 3 is 1.77 bits per heavy atom. The molecule has 3 nitrogen and oxygen atoms in total. The fourth-order valence-corrected chi connectivity index (χ4v) is 2.80. The molecule has 3 rings (SSSR count).